The van der Waals surface area contributed by atoms with Crippen molar-refractivity contribution in [3.63, 3.8) is 0 Å². The monoisotopic (exact) mass is 480 g/mol. The minimum absolute atomic E-state index is 0.0857. The summed E-state index contributed by atoms with van der Waals surface area (Å²) in [6, 6.07) is 8.51. The molecule has 1 unspecified atom stereocenters. The van der Waals surface area contributed by atoms with Gasteiger partial charge >= 0.3 is 6.09 Å². The Bertz CT molecular complexity index is 685. The number of piperidine rings is 1. The van der Waals surface area contributed by atoms with Crippen molar-refractivity contribution in [3.8, 4) is 0 Å². The van der Waals surface area contributed by atoms with Gasteiger partial charge < -0.3 is 20.0 Å². The summed E-state index contributed by atoms with van der Waals surface area (Å²) in [6.07, 6.45) is 8.02. The Labute approximate surface area is 189 Å². The average Bonchev–Trinajstić information content (AvgIpc) is 2.73. The lowest BCUT2D eigenvalue weighted by Crippen LogP contribution is -2.50. The summed E-state index contributed by atoms with van der Waals surface area (Å²) in [5, 5.41) is 21.2. The predicted molar refractivity (Wildman–Crippen MR) is 124 cm³/mol. The molecule has 1 saturated heterocycles. The van der Waals surface area contributed by atoms with E-state index in [4.69, 9.17) is 0 Å². The number of amides is 1. The molecule has 1 aliphatic carbocycles. The number of rotatable bonds is 8. The first-order valence-corrected chi connectivity index (χ1v) is 12.4. The molecule has 168 valence electrons. The van der Waals surface area contributed by atoms with E-state index in [9.17, 15) is 15.0 Å². The molecule has 2 fully saturated rings. The van der Waals surface area contributed by atoms with Gasteiger partial charge in [-0.3, -0.25) is 0 Å². The van der Waals surface area contributed by atoms with E-state index in [2.05, 4.69) is 46.0 Å². The van der Waals surface area contributed by atoms with E-state index in [1.807, 2.05) is 6.07 Å². The Morgan fingerprint density at radius 1 is 1.27 bits per heavy atom. The van der Waals surface area contributed by atoms with Crippen LogP contribution in [0.25, 0.3) is 0 Å². The molecule has 2 aliphatic rings. The third-order valence-corrected chi connectivity index (χ3v) is 7.55. The molecule has 30 heavy (non-hydrogen) atoms. The number of unbranched alkanes of at least 4 members (excludes halogenated alkanes) is 1. The maximum absolute atomic E-state index is 11.7. The predicted octanol–water partition coefficient (Wildman–Crippen LogP) is 5.47. The van der Waals surface area contributed by atoms with E-state index in [0.29, 0.717) is 6.54 Å². The van der Waals surface area contributed by atoms with Crippen LogP contribution in [-0.2, 0) is 0 Å². The molecule has 1 heterocycles. The standard InChI is InChI=1S/C24H37BrN2O3/c1-2-3-14-27(23(28)29)21-10-15-26(16-11-21)18-22(19-8-7-9-20(25)17-19)24(30)12-5-4-6-13-24/h7-9,17,21-22,30H,2-6,10-16,18H2,1H3,(H,28,29). The van der Waals surface area contributed by atoms with Gasteiger partial charge in [-0.25, -0.2) is 4.79 Å². The number of likely N-dealkylation sites (tertiary alicyclic amines) is 1. The zero-order chi connectivity index (χ0) is 21.6. The second-order valence-electron chi connectivity index (χ2n) is 9.13. The lowest BCUT2D eigenvalue weighted by Gasteiger charge is -2.44. The maximum atomic E-state index is 11.7. The molecule has 1 amide bonds. The number of halogens is 1. The van der Waals surface area contributed by atoms with Gasteiger partial charge in [-0.2, -0.15) is 0 Å². The molecule has 2 N–H and O–H groups in total. The van der Waals surface area contributed by atoms with Gasteiger partial charge in [0.05, 0.1) is 5.60 Å². The Balaban J connectivity index is 1.68. The second kappa shape index (κ2) is 11.0. The Hall–Kier alpha value is -1.11. The molecule has 0 aromatic heterocycles. The zero-order valence-corrected chi connectivity index (χ0v) is 19.8. The fraction of sp³-hybridized carbons (Fsp3) is 0.708. The van der Waals surface area contributed by atoms with E-state index >= 15 is 0 Å². The molecule has 3 rings (SSSR count). The number of hydrogen-bond donors (Lipinski definition) is 2. The minimum Gasteiger partial charge on any atom is -0.465 e. The lowest BCUT2D eigenvalue weighted by molar-refractivity contribution is -0.0338. The molecule has 0 radical (unpaired) electrons. The van der Waals surface area contributed by atoms with Crippen LogP contribution in [0.5, 0.6) is 0 Å². The summed E-state index contributed by atoms with van der Waals surface area (Å²) in [6.45, 7) is 5.35. The molecular weight excluding hydrogens is 444 g/mol. The number of benzene rings is 1. The highest BCUT2D eigenvalue weighted by Gasteiger charge is 2.40. The molecule has 1 aromatic carbocycles. The van der Waals surface area contributed by atoms with Crippen molar-refractivity contribution in [2.45, 2.75) is 82.3 Å². The van der Waals surface area contributed by atoms with Crippen LogP contribution in [-0.4, -0.2) is 63.9 Å². The van der Waals surface area contributed by atoms with Crippen molar-refractivity contribution in [1.82, 2.24) is 9.80 Å². The molecule has 5 nitrogen and oxygen atoms in total. The summed E-state index contributed by atoms with van der Waals surface area (Å²) in [7, 11) is 0. The first kappa shape index (κ1) is 23.6. The minimum atomic E-state index is -0.787. The summed E-state index contributed by atoms with van der Waals surface area (Å²) in [5.74, 6) is 0.0857. The van der Waals surface area contributed by atoms with E-state index in [1.54, 1.807) is 4.90 Å². The largest absolute Gasteiger partial charge is 0.465 e. The number of carboxylic acid groups (broad SMARTS) is 1. The Morgan fingerprint density at radius 3 is 2.57 bits per heavy atom. The van der Waals surface area contributed by atoms with Crippen LogP contribution in [0.1, 0.15) is 76.2 Å². The van der Waals surface area contributed by atoms with E-state index < -0.39 is 11.7 Å². The summed E-state index contributed by atoms with van der Waals surface area (Å²) in [5.41, 5.74) is 0.551. The SMILES string of the molecule is CCCCN(C(=O)O)C1CCN(CC(c2cccc(Br)c2)C2(O)CCCCC2)CC1. The van der Waals surface area contributed by atoms with Crippen molar-refractivity contribution in [2.75, 3.05) is 26.2 Å². The smallest absolute Gasteiger partial charge is 0.407 e. The normalized spacial score (nSPS) is 21.3. The second-order valence-corrected chi connectivity index (χ2v) is 10.0. The van der Waals surface area contributed by atoms with Crippen LogP contribution >= 0.6 is 15.9 Å². The molecule has 1 atom stereocenters. The van der Waals surface area contributed by atoms with Gasteiger partial charge in [0.2, 0.25) is 0 Å². The number of hydrogen-bond acceptors (Lipinski definition) is 3. The molecule has 1 aromatic rings. The van der Waals surface area contributed by atoms with Gasteiger partial charge in [-0.15, -0.1) is 0 Å². The van der Waals surface area contributed by atoms with Gasteiger partial charge in [-0.1, -0.05) is 60.7 Å². The Morgan fingerprint density at radius 2 is 1.97 bits per heavy atom. The maximum Gasteiger partial charge on any atom is 0.407 e. The lowest BCUT2D eigenvalue weighted by atomic mass is 9.72. The van der Waals surface area contributed by atoms with Crippen molar-refractivity contribution in [1.29, 1.82) is 0 Å². The van der Waals surface area contributed by atoms with Gasteiger partial charge in [-0.05, 0) is 49.8 Å². The third kappa shape index (κ3) is 5.98. The van der Waals surface area contributed by atoms with Crippen LogP contribution in [0.15, 0.2) is 28.7 Å². The number of carbonyl (C=O) groups is 1. The van der Waals surface area contributed by atoms with E-state index in [1.165, 1.54) is 12.0 Å². The third-order valence-electron chi connectivity index (χ3n) is 7.06. The molecule has 0 spiro atoms. The van der Waals surface area contributed by atoms with Crippen LogP contribution in [0, 0.1) is 0 Å². The summed E-state index contributed by atoms with van der Waals surface area (Å²) >= 11 is 3.60. The fourth-order valence-corrected chi connectivity index (χ4v) is 5.67. The van der Waals surface area contributed by atoms with Crippen molar-refractivity contribution < 1.29 is 15.0 Å². The molecule has 1 saturated carbocycles. The van der Waals surface area contributed by atoms with Gasteiger partial charge in [0.25, 0.3) is 0 Å². The van der Waals surface area contributed by atoms with Crippen LogP contribution in [0.4, 0.5) is 4.79 Å². The number of aliphatic hydroxyl groups is 1. The van der Waals surface area contributed by atoms with Gasteiger partial charge in [0.15, 0.2) is 0 Å². The van der Waals surface area contributed by atoms with E-state index in [0.717, 1.165) is 75.5 Å². The van der Waals surface area contributed by atoms with Crippen molar-refractivity contribution in [3.05, 3.63) is 34.3 Å². The van der Waals surface area contributed by atoms with E-state index in [-0.39, 0.29) is 12.0 Å². The number of nitrogens with zero attached hydrogens (tertiary/aromatic N) is 2. The van der Waals surface area contributed by atoms with Crippen molar-refractivity contribution >= 4 is 22.0 Å². The molecule has 6 heteroatoms. The summed E-state index contributed by atoms with van der Waals surface area (Å²) < 4.78 is 1.05. The zero-order valence-electron chi connectivity index (χ0n) is 18.2. The van der Waals surface area contributed by atoms with Gasteiger partial charge in [0.1, 0.15) is 0 Å². The highest BCUT2D eigenvalue weighted by Crippen LogP contribution is 2.41. The Kier molecular flexibility index (Phi) is 8.61. The highest BCUT2D eigenvalue weighted by atomic mass is 79.9. The fourth-order valence-electron chi connectivity index (χ4n) is 5.26. The topological polar surface area (TPSA) is 64.0 Å². The molecule has 0 bridgehead atoms. The first-order valence-electron chi connectivity index (χ1n) is 11.6. The highest BCUT2D eigenvalue weighted by molar-refractivity contribution is 9.10. The molecule has 1 aliphatic heterocycles. The average molecular weight is 481 g/mol. The van der Waals surface area contributed by atoms with Crippen LogP contribution in [0.2, 0.25) is 0 Å². The van der Waals surface area contributed by atoms with Crippen molar-refractivity contribution in [2.24, 2.45) is 0 Å². The summed E-state index contributed by atoms with van der Waals surface area (Å²) in [4.78, 5) is 15.8. The first-order chi connectivity index (χ1) is 14.4. The van der Waals surface area contributed by atoms with Crippen LogP contribution < -0.4 is 0 Å². The van der Waals surface area contributed by atoms with Crippen LogP contribution in [0.3, 0.4) is 0 Å². The quantitative estimate of drug-likeness (QED) is 0.517. The van der Waals surface area contributed by atoms with Gasteiger partial charge in [0, 0.05) is 42.6 Å². The molecular formula is C24H37BrN2O3.